The SMILES string of the molecule is CC(C)(C)NCC(=O)Nc1cc(S(C)(=O)=O)ccc1O. The van der Waals surface area contributed by atoms with E-state index in [4.69, 9.17) is 0 Å². The van der Waals surface area contributed by atoms with Gasteiger partial charge >= 0.3 is 0 Å². The van der Waals surface area contributed by atoms with E-state index in [-0.39, 0.29) is 34.3 Å². The molecule has 0 radical (unpaired) electrons. The van der Waals surface area contributed by atoms with Gasteiger partial charge in [-0.3, -0.25) is 4.79 Å². The molecular formula is C13H20N2O4S. The molecule has 1 aromatic carbocycles. The van der Waals surface area contributed by atoms with Gasteiger partial charge in [-0.15, -0.1) is 0 Å². The second-order valence-corrected chi connectivity index (χ2v) is 7.62. The zero-order valence-electron chi connectivity index (χ0n) is 12.0. The number of carbonyl (C=O) groups is 1. The molecule has 0 unspecified atom stereocenters. The number of amides is 1. The summed E-state index contributed by atoms with van der Waals surface area (Å²) < 4.78 is 22.9. The first-order chi connectivity index (χ1) is 8.99. The minimum absolute atomic E-state index is 0.0365. The Morgan fingerprint density at radius 3 is 2.40 bits per heavy atom. The van der Waals surface area contributed by atoms with E-state index in [0.29, 0.717) is 0 Å². The van der Waals surface area contributed by atoms with Crippen LogP contribution in [0.15, 0.2) is 23.1 Å². The average Bonchev–Trinajstić information content (AvgIpc) is 2.27. The maximum atomic E-state index is 11.7. The van der Waals surface area contributed by atoms with Gasteiger partial charge in [0.05, 0.1) is 17.1 Å². The first-order valence-electron chi connectivity index (χ1n) is 6.07. The van der Waals surface area contributed by atoms with Crippen molar-refractivity contribution in [3.05, 3.63) is 18.2 Å². The van der Waals surface area contributed by atoms with Crippen LogP contribution >= 0.6 is 0 Å². The van der Waals surface area contributed by atoms with Crippen molar-refractivity contribution in [3.8, 4) is 5.75 Å². The van der Waals surface area contributed by atoms with E-state index in [2.05, 4.69) is 10.6 Å². The first kappa shape index (κ1) is 16.5. The Kier molecular flexibility index (Phi) is 4.77. The standard InChI is InChI=1S/C13H20N2O4S/c1-13(2,3)14-8-12(17)15-10-7-9(20(4,18)19)5-6-11(10)16/h5-7,14,16H,8H2,1-4H3,(H,15,17). The number of aromatic hydroxyl groups is 1. The highest BCUT2D eigenvalue weighted by molar-refractivity contribution is 7.90. The lowest BCUT2D eigenvalue weighted by Gasteiger charge is -2.20. The van der Waals surface area contributed by atoms with Crippen LogP contribution in [0, 0.1) is 0 Å². The number of carbonyl (C=O) groups excluding carboxylic acids is 1. The van der Waals surface area contributed by atoms with Crippen LogP contribution in [0.5, 0.6) is 5.75 Å². The third-order valence-electron chi connectivity index (χ3n) is 2.45. The van der Waals surface area contributed by atoms with Gasteiger partial charge in [0.25, 0.3) is 0 Å². The van der Waals surface area contributed by atoms with Crippen LogP contribution in [0.2, 0.25) is 0 Å². The Morgan fingerprint density at radius 2 is 1.90 bits per heavy atom. The fourth-order valence-corrected chi connectivity index (χ4v) is 2.03. The van der Waals surface area contributed by atoms with Crippen LogP contribution in [0.25, 0.3) is 0 Å². The third kappa shape index (κ3) is 5.18. The highest BCUT2D eigenvalue weighted by Crippen LogP contribution is 2.26. The zero-order valence-corrected chi connectivity index (χ0v) is 12.8. The van der Waals surface area contributed by atoms with Gasteiger partial charge in [-0.05, 0) is 39.0 Å². The molecule has 20 heavy (non-hydrogen) atoms. The molecule has 0 saturated heterocycles. The molecule has 1 amide bonds. The van der Waals surface area contributed by atoms with E-state index in [1.165, 1.54) is 18.2 Å². The molecule has 0 saturated carbocycles. The summed E-state index contributed by atoms with van der Waals surface area (Å²) in [4.78, 5) is 11.8. The molecule has 0 heterocycles. The average molecular weight is 300 g/mol. The summed E-state index contributed by atoms with van der Waals surface area (Å²) in [7, 11) is -3.39. The second-order valence-electron chi connectivity index (χ2n) is 5.60. The minimum atomic E-state index is -3.39. The Bertz CT molecular complexity index is 603. The molecule has 7 heteroatoms. The number of nitrogens with one attached hydrogen (secondary N) is 2. The number of anilines is 1. The lowest BCUT2D eigenvalue weighted by atomic mass is 10.1. The Balaban J connectivity index is 2.85. The molecule has 0 aliphatic heterocycles. The van der Waals surface area contributed by atoms with Gasteiger partial charge in [-0.2, -0.15) is 0 Å². The summed E-state index contributed by atoms with van der Waals surface area (Å²) in [5.41, 5.74) is -0.137. The molecule has 0 bridgehead atoms. The van der Waals surface area contributed by atoms with Crippen LogP contribution in [-0.4, -0.2) is 37.8 Å². The number of rotatable bonds is 4. The number of phenolic OH excluding ortho intramolecular Hbond substituents is 1. The molecule has 0 atom stereocenters. The summed E-state index contributed by atoms with van der Waals surface area (Å²) in [5.74, 6) is -0.539. The highest BCUT2D eigenvalue weighted by atomic mass is 32.2. The van der Waals surface area contributed by atoms with Gasteiger partial charge in [0.2, 0.25) is 5.91 Å². The van der Waals surface area contributed by atoms with Crippen molar-refractivity contribution in [2.24, 2.45) is 0 Å². The fourth-order valence-electron chi connectivity index (χ4n) is 1.39. The van der Waals surface area contributed by atoms with Crippen molar-refractivity contribution >= 4 is 21.4 Å². The second kappa shape index (κ2) is 5.80. The first-order valence-corrected chi connectivity index (χ1v) is 7.96. The van der Waals surface area contributed by atoms with E-state index >= 15 is 0 Å². The predicted octanol–water partition coefficient (Wildman–Crippen LogP) is 1.12. The quantitative estimate of drug-likeness (QED) is 0.724. The fraction of sp³-hybridized carbons (Fsp3) is 0.462. The number of benzene rings is 1. The largest absolute Gasteiger partial charge is 0.506 e. The summed E-state index contributed by atoms with van der Waals surface area (Å²) >= 11 is 0. The van der Waals surface area contributed by atoms with E-state index < -0.39 is 9.84 Å². The van der Waals surface area contributed by atoms with Crippen molar-refractivity contribution < 1.29 is 18.3 Å². The van der Waals surface area contributed by atoms with Gasteiger partial charge in [0.15, 0.2) is 9.84 Å². The molecule has 1 aromatic rings. The molecule has 1 rings (SSSR count). The molecule has 0 spiro atoms. The van der Waals surface area contributed by atoms with Crippen molar-refractivity contribution in [2.75, 3.05) is 18.1 Å². The maximum Gasteiger partial charge on any atom is 0.238 e. The molecular weight excluding hydrogens is 280 g/mol. The predicted molar refractivity (Wildman–Crippen MR) is 77.6 cm³/mol. The number of hydrogen-bond donors (Lipinski definition) is 3. The summed E-state index contributed by atoms with van der Waals surface area (Å²) in [6.45, 7) is 5.82. The maximum absolute atomic E-state index is 11.7. The number of hydrogen-bond acceptors (Lipinski definition) is 5. The molecule has 112 valence electrons. The lowest BCUT2D eigenvalue weighted by Crippen LogP contribution is -2.41. The number of sulfone groups is 1. The van der Waals surface area contributed by atoms with Crippen molar-refractivity contribution in [3.63, 3.8) is 0 Å². The van der Waals surface area contributed by atoms with Crippen molar-refractivity contribution in [1.29, 1.82) is 0 Å². The Hall–Kier alpha value is -1.60. The van der Waals surface area contributed by atoms with E-state index in [1.807, 2.05) is 20.8 Å². The summed E-state index contributed by atoms with van der Waals surface area (Å²) in [5, 5.41) is 15.1. The van der Waals surface area contributed by atoms with Crippen LogP contribution in [0.4, 0.5) is 5.69 Å². The van der Waals surface area contributed by atoms with Gasteiger partial charge in [-0.25, -0.2) is 8.42 Å². The van der Waals surface area contributed by atoms with Gasteiger partial charge < -0.3 is 15.7 Å². The van der Waals surface area contributed by atoms with Crippen molar-refractivity contribution in [2.45, 2.75) is 31.2 Å². The number of phenols is 1. The molecule has 0 aliphatic rings. The summed E-state index contributed by atoms with van der Waals surface area (Å²) in [6, 6.07) is 3.76. The van der Waals surface area contributed by atoms with Gasteiger partial charge in [-0.1, -0.05) is 0 Å². The smallest absolute Gasteiger partial charge is 0.238 e. The van der Waals surface area contributed by atoms with Gasteiger partial charge in [0, 0.05) is 11.8 Å². The third-order valence-corrected chi connectivity index (χ3v) is 3.56. The zero-order chi connectivity index (χ0) is 15.6. The molecule has 0 aromatic heterocycles. The summed E-state index contributed by atoms with van der Waals surface area (Å²) in [6.07, 6.45) is 1.06. The van der Waals surface area contributed by atoms with Crippen molar-refractivity contribution in [1.82, 2.24) is 5.32 Å². The minimum Gasteiger partial charge on any atom is -0.506 e. The highest BCUT2D eigenvalue weighted by Gasteiger charge is 2.14. The Morgan fingerprint density at radius 1 is 1.30 bits per heavy atom. The Labute approximate surface area is 119 Å². The topological polar surface area (TPSA) is 95.5 Å². The van der Waals surface area contributed by atoms with Crippen LogP contribution < -0.4 is 10.6 Å². The van der Waals surface area contributed by atoms with E-state index in [9.17, 15) is 18.3 Å². The normalized spacial score (nSPS) is 12.2. The van der Waals surface area contributed by atoms with Gasteiger partial charge in [0.1, 0.15) is 5.75 Å². The molecule has 0 aliphatic carbocycles. The molecule has 0 fully saturated rings. The van der Waals surface area contributed by atoms with Crippen LogP contribution in [-0.2, 0) is 14.6 Å². The lowest BCUT2D eigenvalue weighted by molar-refractivity contribution is -0.115. The van der Waals surface area contributed by atoms with Crippen LogP contribution in [0.1, 0.15) is 20.8 Å². The molecule has 3 N–H and O–H groups in total. The van der Waals surface area contributed by atoms with E-state index in [1.54, 1.807) is 0 Å². The molecule has 6 nitrogen and oxygen atoms in total. The van der Waals surface area contributed by atoms with E-state index in [0.717, 1.165) is 6.26 Å². The van der Waals surface area contributed by atoms with Crippen LogP contribution in [0.3, 0.4) is 0 Å². The monoisotopic (exact) mass is 300 g/mol.